The zero-order chi connectivity index (χ0) is 13.0. The van der Waals surface area contributed by atoms with Crippen molar-refractivity contribution >= 4 is 33.8 Å². The van der Waals surface area contributed by atoms with Gasteiger partial charge in [0.25, 0.3) is 0 Å². The van der Waals surface area contributed by atoms with E-state index in [1.54, 1.807) is 17.5 Å². The van der Waals surface area contributed by atoms with Gasteiger partial charge < -0.3 is 4.90 Å². The first-order valence-electron chi connectivity index (χ1n) is 6.40. The van der Waals surface area contributed by atoms with Gasteiger partial charge in [-0.05, 0) is 50.3 Å². The maximum absolute atomic E-state index is 12.1. The molecule has 110 valence electrons. The minimum atomic E-state index is -3.30. The highest BCUT2D eigenvalue weighted by Gasteiger charge is 2.24. The minimum absolute atomic E-state index is 0. The molecule has 0 bridgehead atoms. The second-order valence-electron chi connectivity index (χ2n) is 4.67. The van der Waals surface area contributed by atoms with Gasteiger partial charge in [-0.25, -0.2) is 13.1 Å². The summed E-state index contributed by atoms with van der Waals surface area (Å²) in [4.78, 5) is 2.40. The summed E-state index contributed by atoms with van der Waals surface area (Å²) in [5.74, 6) is 0. The summed E-state index contributed by atoms with van der Waals surface area (Å²) < 4.78 is 27.3. The van der Waals surface area contributed by atoms with Crippen LogP contribution < -0.4 is 4.72 Å². The predicted molar refractivity (Wildman–Crippen MR) is 81.6 cm³/mol. The number of nitrogens with one attached hydrogen (secondary N) is 1. The van der Waals surface area contributed by atoms with Crippen LogP contribution >= 0.6 is 23.7 Å². The average molecular weight is 325 g/mol. The molecule has 4 nitrogen and oxygen atoms in total. The number of hydrogen-bond acceptors (Lipinski definition) is 4. The number of nitrogens with zero attached hydrogens (tertiary/aromatic N) is 1. The molecular weight excluding hydrogens is 304 g/mol. The van der Waals surface area contributed by atoms with Gasteiger partial charge in [0.15, 0.2) is 0 Å². The molecule has 0 aliphatic carbocycles. The molecule has 0 amide bonds. The third kappa shape index (κ3) is 4.72. The lowest BCUT2D eigenvalue weighted by Crippen LogP contribution is -2.44. The van der Waals surface area contributed by atoms with Crippen LogP contribution in [0.25, 0.3) is 0 Å². The van der Waals surface area contributed by atoms with Gasteiger partial charge in [-0.2, -0.15) is 0 Å². The number of halogens is 1. The van der Waals surface area contributed by atoms with E-state index in [-0.39, 0.29) is 18.4 Å². The van der Waals surface area contributed by atoms with Crippen molar-refractivity contribution in [2.75, 3.05) is 19.6 Å². The number of thiophene rings is 1. The van der Waals surface area contributed by atoms with Gasteiger partial charge >= 0.3 is 0 Å². The van der Waals surface area contributed by atoms with Gasteiger partial charge in [-0.3, -0.25) is 0 Å². The quantitative estimate of drug-likeness (QED) is 0.904. The first kappa shape index (κ1) is 16.9. The molecule has 2 rings (SSSR count). The lowest BCUT2D eigenvalue weighted by atomic mass is 10.1. The molecule has 19 heavy (non-hydrogen) atoms. The Hall–Kier alpha value is -0.140. The van der Waals surface area contributed by atoms with Crippen molar-refractivity contribution in [2.45, 2.75) is 36.4 Å². The Morgan fingerprint density at radius 2 is 2.11 bits per heavy atom. The average Bonchev–Trinajstić information content (AvgIpc) is 2.86. The van der Waals surface area contributed by atoms with Crippen LogP contribution in [0.1, 0.15) is 26.2 Å². The fraction of sp³-hybridized carbons (Fsp3) is 0.667. The number of rotatable bonds is 5. The second-order valence-corrected chi connectivity index (χ2v) is 7.56. The lowest BCUT2D eigenvalue weighted by Gasteiger charge is -2.31. The Labute approximate surface area is 125 Å². The van der Waals surface area contributed by atoms with Gasteiger partial charge in [0.2, 0.25) is 10.0 Å². The van der Waals surface area contributed by atoms with Gasteiger partial charge in [-0.1, -0.05) is 13.0 Å². The van der Waals surface area contributed by atoms with E-state index >= 15 is 0 Å². The molecule has 7 heteroatoms. The van der Waals surface area contributed by atoms with E-state index in [0.717, 1.165) is 38.9 Å². The van der Waals surface area contributed by atoms with Crippen LogP contribution in [0.3, 0.4) is 0 Å². The van der Waals surface area contributed by atoms with Crippen molar-refractivity contribution in [1.82, 2.24) is 9.62 Å². The first-order valence-corrected chi connectivity index (χ1v) is 8.76. The molecule has 0 aromatic carbocycles. The van der Waals surface area contributed by atoms with E-state index in [1.165, 1.54) is 11.3 Å². The van der Waals surface area contributed by atoms with Crippen molar-refractivity contribution in [3.63, 3.8) is 0 Å². The monoisotopic (exact) mass is 324 g/mol. The maximum atomic E-state index is 12.1. The Kier molecular flexibility index (Phi) is 6.76. The summed E-state index contributed by atoms with van der Waals surface area (Å²) in [7, 11) is -3.30. The highest BCUT2D eigenvalue weighted by atomic mass is 35.5. The zero-order valence-electron chi connectivity index (χ0n) is 11.0. The highest BCUT2D eigenvalue weighted by molar-refractivity contribution is 7.91. The summed E-state index contributed by atoms with van der Waals surface area (Å²) >= 11 is 1.27. The fourth-order valence-corrected chi connectivity index (χ4v) is 4.60. The summed E-state index contributed by atoms with van der Waals surface area (Å²) in [6.45, 7) is 5.27. The standard InChI is InChI=1S/C12H20N2O2S2.ClH/c1-2-7-14-8-5-11(6-9-14)13-18(15,16)12-4-3-10-17-12;/h3-4,10-11,13H,2,5-9H2,1H3;1H. The smallest absolute Gasteiger partial charge is 0.250 e. The Balaban J connectivity index is 0.00000180. The van der Waals surface area contributed by atoms with E-state index in [2.05, 4.69) is 16.5 Å². The molecule has 0 atom stereocenters. The van der Waals surface area contributed by atoms with E-state index in [9.17, 15) is 8.42 Å². The van der Waals surface area contributed by atoms with Crippen molar-refractivity contribution in [1.29, 1.82) is 0 Å². The number of likely N-dealkylation sites (tertiary alicyclic amines) is 1. The largest absolute Gasteiger partial charge is 0.303 e. The van der Waals surface area contributed by atoms with Crippen LogP contribution in [0, 0.1) is 0 Å². The summed E-state index contributed by atoms with van der Waals surface area (Å²) in [5.41, 5.74) is 0. The predicted octanol–water partition coefficient (Wildman–Crippen LogP) is 2.32. The molecule has 0 spiro atoms. The molecule has 1 aromatic rings. The molecule has 1 aromatic heterocycles. The molecule has 0 saturated carbocycles. The van der Waals surface area contributed by atoms with Crippen molar-refractivity contribution < 1.29 is 8.42 Å². The third-order valence-corrected chi connectivity index (χ3v) is 6.13. The van der Waals surface area contributed by atoms with Gasteiger partial charge in [-0.15, -0.1) is 23.7 Å². The fourth-order valence-electron chi connectivity index (χ4n) is 2.28. The van der Waals surface area contributed by atoms with Crippen molar-refractivity contribution in [3.8, 4) is 0 Å². The molecule has 1 saturated heterocycles. The third-order valence-electron chi connectivity index (χ3n) is 3.21. The van der Waals surface area contributed by atoms with Crippen LogP contribution in [0.2, 0.25) is 0 Å². The molecule has 2 heterocycles. The minimum Gasteiger partial charge on any atom is -0.303 e. The Bertz CT molecular complexity index is 454. The topological polar surface area (TPSA) is 49.4 Å². The van der Waals surface area contributed by atoms with Gasteiger partial charge in [0, 0.05) is 6.04 Å². The number of piperidine rings is 1. The summed E-state index contributed by atoms with van der Waals surface area (Å²) in [6, 6.07) is 3.51. The summed E-state index contributed by atoms with van der Waals surface area (Å²) in [6.07, 6.45) is 2.97. The summed E-state index contributed by atoms with van der Waals surface area (Å²) in [5, 5.41) is 1.79. The lowest BCUT2D eigenvalue weighted by molar-refractivity contribution is 0.208. The van der Waals surface area contributed by atoms with E-state index in [0.29, 0.717) is 4.21 Å². The zero-order valence-corrected chi connectivity index (χ0v) is 13.5. The first-order chi connectivity index (χ1) is 8.62. The van der Waals surface area contributed by atoms with E-state index in [1.807, 2.05) is 0 Å². The molecule has 0 unspecified atom stereocenters. The number of sulfonamides is 1. The van der Waals surface area contributed by atoms with Crippen molar-refractivity contribution in [2.24, 2.45) is 0 Å². The van der Waals surface area contributed by atoms with E-state index in [4.69, 9.17) is 0 Å². The normalized spacial score (nSPS) is 18.2. The highest BCUT2D eigenvalue weighted by Crippen LogP contribution is 2.18. The maximum Gasteiger partial charge on any atom is 0.250 e. The van der Waals surface area contributed by atoms with Crippen LogP contribution in [-0.2, 0) is 10.0 Å². The van der Waals surface area contributed by atoms with E-state index < -0.39 is 10.0 Å². The SMILES string of the molecule is CCCN1CCC(NS(=O)(=O)c2cccs2)CC1.Cl. The molecular formula is C12H21ClN2O2S2. The van der Waals surface area contributed by atoms with Crippen LogP contribution in [-0.4, -0.2) is 39.0 Å². The molecule has 1 N–H and O–H groups in total. The van der Waals surface area contributed by atoms with Crippen LogP contribution in [0.4, 0.5) is 0 Å². The molecule has 1 aliphatic rings. The van der Waals surface area contributed by atoms with Gasteiger partial charge in [0.1, 0.15) is 4.21 Å². The van der Waals surface area contributed by atoms with Gasteiger partial charge in [0.05, 0.1) is 0 Å². The van der Waals surface area contributed by atoms with Crippen molar-refractivity contribution in [3.05, 3.63) is 17.5 Å². The second kappa shape index (κ2) is 7.59. The molecule has 1 fully saturated rings. The molecule has 0 radical (unpaired) electrons. The number of hydrogen-bond donors (Lipinski definition) is 1. The van der Waals surface area contributed by atoms with Crippen LogP contribution in [0.15, 0.2) is 21.7 Å². The Morgan fingerprint density at radius 3 is 2.63 bits per heavy atom. The van der Waals surface area contributed by atoms with Crippen LogP contribution in [0.5, 0.6) is 0 Å². The Morgan fingerprint density at radius 1 is 1.42 bits per heavy atom. The molecule has 1 aliphatic heterocycles.